The average molecular weight is 826 g/mol. The lowest BCUT2D eigenvalue weighted by Crippen LogP contribution is -2.47. The second kappa shape index (κ2) is 16.2. The Kier molecular flexibility index (Phi) is 11.0. The summed E-state index contributed by atoms with van der Waals surface area (Å²) in [6.45, 7) is 3.69. The molecule has 8 rings (SSSR count). The summed E-state index contributed by atoms with van der Waals surface area (Å²) < 4.78 is 65.8. The molecule has 2 aromatic heterocycles. The monoisotopic (exact) mass is 825 g/mol. The molecule has 3 fully saturated rings. The SMILES string of the molecule is CN(C)C(=O)c1cc2c(-c3ccc(C4CCN(c5c(F)cc(C6CCC(=O)NC6=O)cc5F)CC4)c(F)c3)cc([C@]3(C)CCCN(C(=O)CCn4cccn4)C3)c(F)c2[nH]1. The van der Waals surface area contributed by atoms with E-state index in [9.17, 15) is 19.2 Å². The van der Waals surface area contributed by atoms with Gasteiger partial charge in [0.25, 0.3) is 5.91 Å². The van der Waals surface area contributed by atoms with Gasteiger partial charge in [0.1, 0.15) is 28.8 Å². The van der Waals surface area contributed by atoms with E-state index >= 15 is 17.6 Å². The minimum atomic E-state index is -0.824. The molecule has 5 aromatic rings. The molecular formula is C45H47F4N7O4. The van der Waals surface area contributed by atoms with Crippen molar-refractivity contribution in [2.45, 2.75) is 75.7 Å². The van der Waals surface area contributed by atoms with Gasteiger partial charge in [-0.05, 0) is 102 Å². The molecule has 3 aliphatic rings. The summed E-state index contributed by atoms with van der Waals surface area (Å²) in [5.74, 6) is -5.09. The summed E-state index contributed by atoms with van der Waals surface area (Å²) in [4.78, 5) is 58.2. The molecule has 15 heteroatoms. The van der Waals surface area contributed by atoms with Crippen molar-refractivity contribution in [3.63, 3.8) is 0 Å². The third-order valence-electron chi connectivity index (χ3n) is 12.5. The number of piperidine rings is 3. The number of anilines is 1. The van der Waals surface area contributed by atoms with Crippen LogP contribution in [-0.2, 0) is 26.3 Å². The summed E-state index contributed by atoms with van der Waals surface area (Å²) >= 11 is 0. The van der Waals surface area contributed by atoms with E-state index < -0.39 is 46.4 Å². The first-order valence-corrected chi connectivity index (χ1v) is 20.4. The Hall–Kier alpha value is -5.99. The van der Waals surface area contributed by atoms with Crippen LogP contribution >= 0.6 is 0 Å². The Morgan fingerprint density at radius 3 is 2.37 bits per heavy atom. The number of hydrogen-bond acceptors (Lipinski definition) is 6. The Morgan fingerprint density at radius 2 is 1.70 bits per heavy atom. The number of H-pyrrole nitrogens is 1. The molecule has 60 heavy (non-hydrogen) atoms. The smallest absolute Gasteiger partial charge is 0.269 e. The predicted octanol–water partition coefficient (Wildman–Crippen LogP) is 7.16. The van der Waals surface area contributed by atoms with Gasteiger partial charge in [0.2, 0.25) is 17.7 Å². The van der Waals surface area contributed by atoms with E-state index in [1.807, 2.05) is 6.92 Å². The van der Waals surface area contributed by atoms with Crippen LogP contribution in [0.2, 0.25) is 0 Å². The first kappa shape index (κ1) is 40.8. The normalized spacial score (nSPS) is 20.1. The second-order valence-corrected chi connectivity index (χ2v) is 16.8. The molecule has 0 spiro atoms. The number of carbonyl (C=O) groups is 4. The minimum Gasteiger partial charge on any atom is -0.367 e. The quantitative estimate of drug-likeness (QED) is 0.120. The molecule has 1 unspecified atom stereocenters. The summed E-state index contributed by atoms with van der Waals surface area (Å²) in [7, 11) is 3.20. The molecule has 0 saturated carbocycles. The number of nitrogens with one attached hydrogen (secondary N) is 2. The molecule has 3 aromatic carbocycles. The number of fused-ring (bicyclic) bond motifs is 1. The van der Waals surface area contributed by atoms with Crippen molar-refractivity contribution in [2.75, 3.05) is 45.2 Å². The zero-order chi connectivity index (χ0) is 42.5. The van der Waals surface area contributed by atoms with Crippen molar-refractivity contribution < 1.29 is 36.7 Å². The molecule has 4 amide bonds. The molecule has 5 heterocycles. The van der Waals surface area contributed by atoms with Gasteiger partial charge in [-0.1, -0.05) is 19.1 Å². The maximum atomic E-state index is 16.8. The Balaban J connectivity index is 1.05. The van der Waals surface area contributed by atoms with Crippen LogP contribution in [0.15, 0.2) is 60.9 Å². The fourth-order valence-corrected chi connectivity index (χ4v) is 9.31. The Morgan fingerprint density at radius 1 is 0.950 bits per heavy atom. The van der Waals surface area contributed by atoms with Crippen molar-refractivity contribution in [3.05, 3.63) is 107 Å². The maximum Gasteiger partial charge on any atom is 0.269 e. The molecule has 0 bridgehead atoms. The molecule has 3 aliphatic heterocycles. The van der Waals surface area contributed by atoms with Crippen LogP contribution in [-0.4, -0.2) is 88.5 Å². The van der Waals surface area contributed by atoms with E-state index in [1.54, 1.807) is 71.3 Å². The number of imide groups is 1. The van der Waals surface area contributed by atoms with Crippen molar-refractivity contribution >= 4 is 40.2 Å². The van der Waals surface area contributed by atoms with E-state index in [1.165, 1.54) is 11.0 Å². The van der Waals surface area contributed by atoms with Gasteiger partial charge >= 0.3 is 0 Å². The number of benzene rings is 3. The minimum absolute atomic E-state index is 0.0571. The highest BCUT2D eigenvalue weighted by atomic mass is 19.1. The Labute approximate surface area is 344 Å². The highest BCUT2D eigenvalue weighted by molar-refractivity contribution is 6.04. The molecule has 0 radical (unpaired) electrons. The highest BCUT2D eigenvalue weighted by Gasteiger charge is 2.38. The van der Waals surface area contributed by atoms with Crippen LogP contribution in [0.4, 0.5) is 23.2 Å². The lowest BCUT2D eigenvalue weighted by molar-refractivity contribution is -0.135. The predicted molar refractivity (Wildman–Crippen MR) is 217 cm³/mol. The number of likely N-dealkylation sites (tertiary alicyclic amines) is 1. The molecular weight excluding hydrogens is 779 g/mol. The number of carbonyl (C=O) groups excluding carboxylic acids is 4. The van der Waals surface area contributed by atoms with E-state index in [4.69, 9.17) is 0 Å². The van der Waals surface area contributed by atoms with Gasteiger partial charge in [-0.25, -0.2) is 17.6 Å². The zero-order valence-corrected chi connectivity index (χ0v) is 33.8. The fourth-order valence-electron chi connectivity index (χ4n) is 9.31. The number of aryl methyl sites for hydroxylation is 1. The first-order chi connectivity index (χ1) is 28.7. The summed E-state index contributed by atoms with van der Waals surface area (Å²) in [6, 6.07) is 12.3. The first-order valence-electron chi connectivity index (χ1n) is 20.4. The molecule has 314 valence electrons. The summed E-state index contributed by atoms with van der Waals surface area (Å²) in [5, 5.41) is 6.83. The van der Waals surface area contributed by atoms with Gasteiger partial charge in [0, 0.05) is 82.9 Å². The zero-order valence-electron chi connectivity index (χ0n) is 33.8. The van der Waals surface area contributed by atoms with E-state index in [-0.39, 0.29) is 79.1 Å². The average Bonchev–Trinajstić information content (AvgIpc) is 3.91. The van der Waals surface area contributed by atoms with Crippen molar-refractivity contribution in [1.82, 2.24) is 29.9 Å². The van der Waals surface area contributed by atoms with Gasteiger partial charge in [-0.3, -0.25) is 29.2 Å². The number of rotatable bonds is 9. The van der Waals surface area contributed by atoms with Gasteiger partial charge in [0.05, 0.1) is 11.4 Å². The van der Waals surface area contributed by atoms with Crippen molar-refractivity contribution in [1.29, 1.82) is 0 Å². The van der Waals surface area contributed by atoms with E-state index in [0.29, 0.717) is 66.4 Å². The van der Waals surface area contributed by atoms with Crippen LogP contribution in [0.5, 0.6) is 0 Å². The van der Waals surface area contributed by atoms with Crippen molar-refractivity contribution in [3.8, 4) is 11.1 Å². The van der Waals surface area contributed by atoms with Crippen LogP contribution in [0.25, 0.3) is 22.0 Å². The number of halogens is 4. The van der Waals surface area contributed by atoms with Gasteiger partial charge in [0.15, 0.2) is 5.82 Å². The summed E-state index contributed by atoms with van der Waals surface area (Å²) in [6.07, 6.45) is 6.04. The second-order valence-electron chi connectivity index (χ2n) is 16.8. The molecule has 2 atom stereocenters. The van der Waals surface area contributed by atoms with E-state index in [0.717, 1.165) is 12.1 Å². The highest BCUT2D eigenvalue weighted by Crippen LogP contribution is 2.43. The molecule has 11 nitrogen and oxygen atoms in total. The lowest BCUT2D eigenvalue weighted by atomic mass is 9.74. The molecule has 3 saturated heterocycles. The molecule has 2 N–H and O–H groups in total. The van der Waals surface area contributed by atoms with Gasteiger partial charge in [-0.2, -0.15) is 5.10 Å². The standard InChI is InChI=1S/C45H47F4N7O4/c1-45(13-4-15-55(25-45)39(58)12-19-56-16-5-14-50-56)33-23-31(32-24-37(44(60)53(2)3)51-41(32)40(33)49)27-6-7-29(34(46)20-27)26-10-17-54(18-11-26)42-35(47)21-28(22-36(42)48)30-8-9-38(57)52-43(30)59/h5-7,14,16,20-24,26,30,51H,4,8-13,15,17-19,25H2,1-3H3,(H,52,57,59)/t30?,45-/m1/s1. The van der Waals surface area contributed by atoms with Crippen molar-refractivity contribution in [2.24, 2.45) is 0 Å². The number of aromatic nitrogens is 3. The number of hydrogen-bond donors (Lipinski definition) is 2. The van der Waals surface area contributed by atoms with Crippen LogP contribution < -0.4 is 10.2 Å². The molecule has 0 aliphatic carbocycles. The van der Waals surface area contributed by atoms with Crippen LogP contribution in [0.3, 0.4) is 0 Å². The number of amides is 4. The Bertz CT molecular complexity index is 2470. The van der Waals surface area contributed by atoms with Gasteiger partial charge < -0.3 is 19.7 Å². The fraction of sp³-hybridized carbons (Fsp3) is 0.400. The lowest BCUT2D eigenvalue weighted by Gasteiger charge is -2.41. The third kappa shape index (κ3) is 7.77. The topological polar surface area (TPSA) is 124 Å². The summed E-state index contributed by atoms with van der Waals surface area (Å²) in [5.41, 5.74) is 1.30. The number of aromatic amines is 1. The van der Waals surface area contributed by atoms with E-state index in [2.05, 4.69) is 15.4 Å². The van der Waals surface area contributed by atoms with Crippen LogP contribution in [0.1, 0.15) is 90.9 Å². The third-order valence-corrected chi connectivity index (χ3v) is 12.5. The van der Waals surface area contributed by atoms with Crippen LogP contribution in [0, 0.1) is 23.3 Å². The number of nitrogens with zero attached hydrogens (tertiary/aromatic N) is 5. The maximum absolute atomic E-state index is 16.8. The largest absolute Gasteiger partial charge is 0.367 e. The van der Waals surface area contributed by atoms with Gasteiger partial charge in [-0.15, -0.1) is 0 Å².